The first-order chi connectivity index (χ1) is 10.2. The highest BCUT2D eigenvalue weighted by molar-refractivity contribution is 7.82. The second-order valence-corrected chi connectivity index (χ2v) is 7.25. The third-order valence-corrected chi connectivity index (χ3v) is 5.83. The number of carbonyl (C=O) groups excluding carboxylic acids is 1. The zero-order chi connectivity index (χ0) is 14.8. The van der Waals surface area contributed by atoms with Crippen LogP contribution in [0.25, 0.3) is 0 Å². The average Bonchev–Trinajstić information content (AvgIpc) is 3.35. The van der Waals surface area contributed by atoms with E-state index in [0.717, 1.165) is 25.8 Å². The highest BCUT2D eigenvalue weighted by atomic mass is 32.2. The summed E-state index contributed by atoms with van der Waals surface area (Å²) < 4.78 is 14.5. The van der Waals surface area contributed by atoms with E-state index >= 15 is 0 Å². The molecule has 1 aromatic carbocycles. The molecule has 1 fully saturated rings. The molecule has 2 unspecified atom stereocenters. The third-order valence-electron chi connectivity index (χ3n) is 4.31. The predicted molar refractivity (Wildman–Crippen MR) is 79.8 cm³/mol. The van der Waals surface area contributed by atoms with Gasteiger partial charge < -0.3 is 0 Å². The Kier molecular flexibility index (Phi) is 4.37. The lowest BCUT2D eigenvalue weighted by Gasteiger charge is -2.30. The van der Waals surface area contributed by atoms with Gasteiger partial charge in [0, 0.05) is 13.1 Å². The van der Waals surface area contributed by atoms with Gasteiger partial charge in [-0.1, -0.05) is 24.3 Å². The molecule has 1 heterocycles. The number of benzene rings is 1. The number of nitrogens with zero attached hydrogens (tertiary/aromatic N) is 2. The Labute approximate surface area is 127 Å². The van der Waals surface area contributed by atoms with Crippen molar-refractivity contribution in [1.29, 1.82) is 0 Å². The van der Waals surface area contributed by atoms with Gasteiger partial charge in [-0.25, -0.2) is 13.6 Å². The van der Waals surface area contributed by atoms with E-state index in [1.165, 1.54) is 11.1 Å². The number of rotatable bonds is 6. The second kappa shape index (κ2) is 6.25. The van der Waals surface area contributed by atoms with Crippen LogP contribution in [0.3, 0.4) is 0 Å². The Morgan fingerprint density at radius 1 is 1.38 bits per heavy atom. The first-order valence-corrected chi connectivity index (χ1v) is 8.59. The van der Waals surface area contributed by atoms with E-state index in [9.17, 15) is 14.2 Å². The fraction of sp³-hybridized carbons (Fsp3) is 0.533. The Morgan fingerprint density at radius 3 is 2.76 bits per heavy atom. The van der Waals surface area contributed by atoms with Gasteiger partial charge in [-0.3, -0.25) is 10.0 Å². The minimum atomic E-state index is -1.17. The Bertz CT molecular complexity index is 547. The molecule has 0 bridgehead atoms. The molecule has 0 aromatic heterocycles. The molecule has 1 amide bonds. The monoisotopic (exact) mass is 308 g/mol. The summed E-state index contributed by atoms with van der Waals surface area (Å²) in [5.41, 5.74) is 2.54. The summed E-state index contributed by atoms with van der Waals surface area (Å²) in [4.78, 5) is 10.8. The van der Waals surface area contributed by atoms with E-state index in [4.69, 9.17) is 0 Å². The van der Waals surface area contributed by atoms with Crippen LogP contribution in [0.1, 0.15) is 24.0 Å². The van der Waals surface area contributed by atoms with Gasteiger partial charge in [0.2, 0.25) is 6.41 Å². The molecule has 1 N–H and O–H groups in total. The molecule has 1 aliphatic carbocycles. The zero-order valence-electron chi connectivity index (χ0n) is 11.9. The summed E-state index contributed by atoms with van der Waals surface area (Å²) in [6.45, 7) is 1.43. The SMILES string of the molecule is O=CN(O)C(CS(=O)N1CCc2ccccc2C1)C1CC1. The van der Waals surface area contributed by atoms with Crippen LogP contribution in [-0.4, -0.2) is 43.5 Å². The van der Waals surface area contributed by atoms with Gasteiger partial charge in [0.15, 0.2) is 0 Å². The number of hydrogen-bond donors (Lipinski definition) is 1. The van der Waals surface area contributed by atoms with Crippen LogP contribution in [0, 0.1) is 5.92 Å². The molecule has 21 heavy (non-hydrogen) atoms. The molecule has 0 saturated heterocycles. The topological polar surface area (TPSA) is 60.9 Å². The van der Waals surface area contributed by atoms with Gasteiger partial charge in [-0.2, -0.15) is 0 Å². The van der Waals surface area contributed by atoms with Crippen molar-refractivity contribution in [3.8, 4) is 0 Å². The molecule has 3 rings (SSSR count). The maximum Gasteiger partial charge on any atom is 0.233 e. The van der Waals surface area contributed by atoms with Crippen LogP contribution >= 0.6 is 0 Å². The van der Waals surface area contributed by atoms with Gasteiger partial charge in [-0.05, 0) is 36.3 Å². The van der Waals surface area contributed by atoms with Crippen molar-refractivity contribution in [1.82, 2.24) is 9.37 Å². The molecule has 0 spiro atoms. The third kappa shape index (κ3) is 3.33. The Balaban J connectivity index is 1.64. The van der Waals surface area contributed by atoms with Gasteiger partial charge in [0.05, 0.1) is 22.8 Å². The molecule has 2 atom stereocenters. The van der Waals surface area contributed by atoms with Crippen LogP contribution < -0.4 is 0 Å². The number of fused-ring (bicyclic) bond motifs is 1. The van der Waals surface area contributed by atoms with Gasteiger partial charge in [0.1, 0.15) is 0 Å². The first kappa shape index (κ1) is 14.7. The van der Waals surface area contributed by atoms with Crippen molar-refractivity contribution < 1.29 is 14.2 Å². The lowest BCUT2D eigenvalue weighted by molar-refractivity contribution is -0.159. The highest BCUT2D eigenvalue weighted by Crippen LogP contribution is 2.35. The molecule has 0 radical (unpaired) electrons. The van der Waals surface area contributed by atoms with Crippen LogP contribution in [0.5, 0.6) is 0 Å². The molecule has 5 nitrogen and oxygen atoms in total. The van der Waals surface area contributed by atoms with Crippen LogP contribution in [0.4, 0.5) is 0 Å². The van der Waals surface area contributed by atoms with Gasteiger partial charge in [0.25, 0.3) is 0 Å². The molecule has 114 valence electrons. The number of amides is 1. The average molecular weight is 308 g/mol. The molecular weight excluding hydrogens is 288 g/mol. The summed E-state index contributed by atoms with van der Waals surface area (Å²) in [6, 6.07) is 7.90. The molecule has 1 aromatic rings. The summed E-state index contributed by atoms with van der Waals surface area (Å²) in [6.07, 6.45) is 3.31. The number of hydroxylamine groups is 2. The maximum atomic E-state index is 12.6. The highest BCUT2D eigenvalue weighted by Gasteiger charge is 2.37. The van der Waals surface area contributed by atoms with E-state index in [1.54, 1.807) is 0 Å². The number of hydrogen-bond acceptors (Lipinski definition) is 3. The Hall–Kier alpha value is -1.24. The molecule has 1 aliphatic heterocycles. The molecule has 2 aliphatic rings. The smallest absolute Gasteiger partial charge is 0.233 e. The van der Waals surface area contributed by atoms with E-state index in [2.05, 4.69) is 12.1 Å². The van der Waals surface area contributed by atoms with Crippen molar-refractivity contribution in [2.75, 3.05) is 12.3 Å². The van der Waals surface area contributed by atoms with Crippen molar-refractivity contribution >= 4 is 17.4 Å². The maximum absolute atomic E-state index is 12.6. The van der Waals surface area contributed by atoms with Crippen LogP contribution in [0.2, 0.25) is 0 Å². The van der Waals surface area contributed by atoms with Crippen molar-refractivity contribution in [2.45, 2.75) is 31.8 Å². The second-order valence-electron chi connectivity index (χ2n) is 5.76. The van der Waals surface area contributed by atoms with Crippen LogP contribution in [0.15, 0.2) is 24.3 Å². The predicted octanol–water partition coefficient (Wildman–Crippen LogP) is 1.33. The van der Waals surface area contributed by atoms with Crippen molar-refractivity contribution in [2.24, 2.45) is 5.92 Å². The fourth-order valence-corrected chi connectivity index (χ4v) is 4.39. The van der Waals surface area contributed by atoms with Crippen molar-refractivity contribution in [3.05, 3.63) is 35.4 Å². The minimum absolute atomic E-state index is 0.293. The Morgan fingerprint density at radius 2 is 2.10 bits per heavy atom. The molecule has 6 heteroatoms. The van der Waals surface area contributed by atoms with E-state index in [0.29, 0.717) is 29.7 Å². The fourth-order valence-electron chi connectivity index (χ4n) is 2.88. The summed E-state index contributed by atoms with van der Waals surface area (Å²) >= 11 is 0. The number of carbonyl (C=O) groups is 1. The quantitative estimate of drug-likeness (QED) is 0.490. The van der Waals surface area contributed by atoms with E-state index in [1.807, 2.05) is 16.4 Å². The van der Waals surface area contributed by atoms with Crippen LogP contribution in [-0.2, 0) is 28.7 Å². The zero-order valence-corrected chi connectivity index (χ0v) is 12.7. The lowest BCUT2D eigenvalue weighted by Crippen LogP contribution is -2.42. The van der Waals surface area contributed by atoms with E-state index < -0.39 is 11.0 Å². The van der Waals surface area contributed by atoms with Gasteiger partial charge >= 0.3 is 0 Å². The van der Waals surface area contributed by atoms with Gasteiger partial charge in [-0.15, -0.1) is 0 Å². The first-order valence-electron chi connectivity index (χ1n) is 7.32. The largest absolute Gasteiger partial charge is 0.286 e. The van der Waals surface area contributed by atoms with Crippen molar-refractivity contribution in [3.63, 3.8) is 0 Å². The standard InChI is InChI=1S/C15H20N2O3S/c18-11-17(19)15(13-5-6-13)10-21(20)16-8-7-12-3-1-2-4-14(12)9-16/h1-4,11,13,15,19H,5-10H2. The summed E-state index contributed by atoms with van der Waals surface area (Å²) in [7, 11) is -1.17. The molecule has 1 saturated carbocycles. The normalized spacial score (nSPS) is 21.4. The van der Waals surface area contributed by atoms with E-state index in [-0.39, 0.29) is 6.04 Å². The minimum Gasteiger partial charge on any atom is -0.286 e. The summed E-state index contributed by atoms with van der Waals surface area (Å²) in [5, 5.41) is 10.3. The lowest BCUT2D eigenvalue weighted by atomic mass is 10.0. The summed E-state index contributed by atoms with van der Waals surface area (Å²) in [5.74, 6) is 0.614. The molecular formula is C15H20N2O3S.